The van der Waals surface area contributed by atoms with E-state index in [1.54, 1.807) is 0 Å². The molecule has 11 heteroatoms. The van der Waals surface area contributed by atoms with Gasteiger partial charge in [-0.25, -0.2) is 0 Å². The number of halogens is 2. The van der Waals surface area contributed by atoms with E-state index in [0.717, 1.165) is 0 Å². The van der Waals surface area contributed by atoms with Gasteiger partial charge in [0.15, 0.2) is 0 Å². The molecule has 0 saturated heterocycles. The third-order valence-corrected chi connectivity index (χ3v) is 2.34. The smallest absolute Gasteiger partial charge is 1.00 e. The van der Waals surface area contributed by atoms with Crippen LogP contribution in [0.4, 0.5) is 0 Å². The third-order valence-electron chi connectivity index (χ3n) is 2.34. The number of nitrogens with two attached hydrogens (primary N) is 4. The molecule has 0 rings (SSSR count). The zero-order chi connectivity index (χ0) is 13.1. The molecule has 4 unspecified atom stereocenters. The summed E-state index contributed by atoms with van der Waals surface area (Å²) >= 11 is 0. The van der Waals surface area contributed by atoms with Crippen LogP contribution in [0.15, 0.2) is 0 Å². The zero-order valence-corrected chi connectivity index (χ0v) is 14.0. The predicted molar refractivity (Wildman–Crippen MR) is 68.0 cm³/mol. The summed E-state index contributed by atoms with van der Waals surface area (Å²) in [5.74, 6) is 19.8. The van der Waals surface area contributed by atoms with Crippen molar-refractivity contribution >= 4 is 0 Å². The van der Waals surface area contributed by atoms with E-state index in [0.29, 0.717) is 0 Å². The van der Waals surface area contributed by atoms with Crippen LogP contribution in [0.5, 0.6) is 0 Å². The largest absolute Gasteiger partial charge is 2.00 e. The standard InChI is InChI=1S/2C4H12N4.2ClH.Ni/c2*1-3(7-5)4(2)8-6;;;/h2*3-4H,5-6H2,1-2H3;2*1H;/q2*-2;;;+2/p-2. The Balaban J connectivity index is -0.0000000594. The average Bonchev–Trinajstić information content (AvgIpc) is 2.35. The minimum absolute atomic E-state index is 0. The Labute approximate surface area is 138 Å². The van der Waals surface area contributed by atoms with Crippen molar-refractivity contribution in [2.75, 3.05) is 0 Å². The van der Waals surface area contributed by atoms with Crippen LogP contribution >= 0.6 is 0 Å². The molecule has 0 aromatic heterocycles. The Morgan fingerprint density at radius 3 is 0.684 bits per heavy atom. The molecule has 0 radical (unpaired) electrons. The first kappa shape index (κ1) is 31.9. The second kappa shape index (κ2) is 21.1. The number of hydrogen-bond donors (Lipinski definition) is 4. The van der Waals surface area contributed by atoms with Crippen molar-refractivity contribution in [1.82, 2.24) is 0 Å². The summed E-state index contributed by atoms with van der Waals surface area (Å²) in [7, 11) is 0. The monoisotopic (exact) mass is 360 g/mol. The third kappa shape index (κ3) is 18.8. The Morgan fingerprint density at radius 1 is 0.526 bits per heavy atom. The van der Waals surface area contributed by atoms with Crippen molar-refractivity contribution in [3.05, 3.63) is 21.7 Å². The molecule has 0 bridgehead atoms. The van der Waals surface area contributed by atoms with Crippen molar-refractivity contribution in [1.29, 1.82) is 0 Å². The molecule has 0 aliphatic carbocycles. The van der Waals surface area contributed by atoms with Gasteiger partial charge in [0, 0.05) is 0 Å². The predicted octanol–water partition coefficient (Wildman–Crippen LogP) is -5.48. The topological polar surface area (TPSA) is 160 Å². The summed E-state index contributed by atoms with van der Waals surface area (Å²) in [5.41, 5.74) is 13.9. The van der Waals surface area contributed by atoms with Crippen LogP contribution in [0.25, 0.3) is 21.7 Å². The second-order valence-electron chi connectivity index (χ2n) is 3.56. The molecule has 0 spiro atoms. The van der Waals surface area contributed by atoms with Gasteiger partial charge in [-0.05, 0) is 0 Å². The summed E-state index contributed by atoms with van der Waals surface area (Å²) in [6, 6.07) is 0.111. The molecule has 0 aliphatic rings. The minimum atomic E-state index is 0. The van der Waals surface area contributed by atoms with Crippen LogP contribution in [-0.4, -0.2) is 24.2 Å². The molecule has 4 atom stereocenters. The van der Waals surface area contributed by atoms with Gasteiger partial charge >= 0.3 is 16.5 Å². The van der Waals surface area contributed by atoms with E-state index in [2.05, 4.69) is 21.7 Å². The summed E-state index contributed by atoms with van der Waals surface area (Å²) < 4.78 is 0. The molecular formula is C8H24Cl2N8Ni-4. The van der Waals surface area contributed by atoms with Crippen molar-refractivity contribution in [2.45, 2.75) is 51.9 Å². The van der Waals surface area contributed by atoms with Gasteiger partial charge in [0.05, 0.1) is 0 Å². The first-order valence-corrected chi connectivity index (χ1v) is 5.04. The van der Waals surface area contributed by atoms with Crippen LogP contribution in [0, 0.1) is 0 Å². The van der Waals surface area contributed by atoms with Gasteiger partial charge in [-0.1, -0.05) is 27.7 Å². The quantitative estimate of drug-likeness (QED) is 0.211. The summed E-state index contributed by atoms with van der Waals surface area (Å²) in [5, 5.41) is 0. The molecular weight excluding hydrogens is 338 g/mol. The summed E-state index contributed by atoms with van der Waals surface area (Å²) in [6.07, 6.45) is 0. The van der Waals surface area contributed by atoms with Gasteiger partial charge in [-0.15, -0.1) is 24.2 Å². The molecule has 0 fully saturated rings. The fourth-order valence-corrected chi connectivity index (χ4v) is 0.498. The zero-order valence-electron chi connectivity index (χ0n) is 11.5. The molecule has 0 saturated carbocycles. The molecule has 8 N–H and O–H groups in total. The number of rotatable bonds is 6. The normalized spacial score (nSPS) is 15.2. The van der Waals surface area contributed by atoms with E-state index < -0.39 is 0 Å². The Kier molecular flexibility index (Phi) is 35.4. The van der Waals surface area contributed by atoms with Gasteiger partial charge in [-0.2, -0.15) is 0 Å². The van der Waals surface area contributed by atoms with E-state index in [-0.39, 0.29) is 65.5 Å². The number of nitrogens with zero attached hydrogens (tertiary/aromatic N) is 4. The van der Waals surface area contributed by atoms with Crippen molar-refractivity contribution in [2.24, 2.45) is 23.4 Å². The van der Waals surface area contributed by atoms with Gasteiger partial charge in [-0.3, -0.25) is 0 Å². The van der Waals surface area contributed by atoms with Crippen molar-refractivity contribution in [3.63, 3.8) is 0 Å². The molecule has 124 valence electrons. The fourth-order valence-electron chi connectivity index (χ4n) is 0.498. The molecule has 0 aromatic carbocycles. The average molecular weight is 362 g/mol. The maximum atomic E-state index is 4.96. The van der Waals surface area contributed by atoms with E-state index in [9.17, 15) is 0 Å². The second-order valence-corrected chi connectivity index (χ2v) is 3.56. The van der Waals surface area contributed by atoms with E-state index in [4.69, 9.17) is 23.4 Å². The minimum Gasteiger partial charge on any atom is -1.00 e. The first-order valence-electron chi connectivity index (χ1n) is 5.04. The van der Waals surface area contributed by atoms with E-state index in [1.165, 1.54) is 0 Å². The van der Waals surface area contributed by atoms with E-state index >= 15 is 0 Å². The molecule has 0 amide bonds. The van der Waals surface area contributed by atoms with Gasteiger partial charge in [0.1, 0.15) is 0 Å². The van der Waals surface area contributed by atoms with Gasteiger partial charge in [0.25, 0.3) is 0 Å². The SMILES string of the molecule is CC([N-]N)C(C)[N-]N.CC([N-]N)C(C)[N-]N.[Cl-].[Cl-].[Ni+2]. The Morgan fingerprint density at radius 2 is 0.632 bits per heavy atom. The molecule has 0 aliphatic heterocycles. The van der Waals surface area contributed by atoms with Crippen LogP contribution < -0.4 is 48.2 Å². The maximum Gasteiger partial charge on any atom is 2.00 e. The first-order chi connectivity index (χ1) is 7.44. The fraction of sp³-hybridized carbons (Fsp3) is 1.00. The number of hydrogen-bond acceptors (Lipinski definition) is 4. The van der Waals surface area contributed by atoms with Crippen LogP contribution in [0.3, 0.4) is 0 Å². The van der Waals surface area contributed by atoms with Crippen LogP contribution in [0.1, 0.15) is 27.7 Å². The Bertz CT molecular complexity index is 127. The van der Waals surface area contributed by atoms with E-state index in [1.807, 2.05) is 27.7 Å². The van der Waals surface area contributed by atoms with Gasteiger partial charge < -0.3 is 69.9 Å². The summed E-state index contributed by atoms with van der Waals surface area (Å²) in [6.45, 7) is 7.45. The Hall–Kier alpha value is 0.754. The van der Waals surface area contributed by atoms with Crippen molar-refractivity contribution < 1.29 is 41.3 Å². The molecule has 0 heterocycles. The van der Waals surface area contributed by atoms with Gasteiger partial charge in [0.2, 0.25) is 0 Å². The van der Waals surface area contributed by atoms with Crippen LogP contribution in [-0.2, 0) is 16.5 Å². The van der Waals surface area contributed by atoms with Crippen molar-refractivity contribution in [3.8, 4) is 0 Å². The van der Waals surface area contributed by atoms with Crippen LogP contribution in [0.2, 0.25) is 0 Å². The maximum absolute atomic E-state index is 4.96. The summed E-state index contributed by atoms with van der Waals surface area (Å²) in [4.78, 5) is 0. The molecule has 19 heavy (non-hydrogen) atoms. The molecule has 0 aromatic rings. The molecule has 8 nitrogen and oxygen atoms in total.